The zero-order chi connectivity index (χ0) is 13.0. The van der Waals surface area contributed by atoms with Crippen LogP contribution < -0.4 is 5.32 Å². The Morgan fingerprint density at radius 3 is 3.00 bits per heavy atom. The molecule has 1 saturated heterocycles. The molecule has 0 saturated carbocycles. The van der Waals surface area contributed by atoms with Gasteiger partial charge in [0, 0.05) is 17.1 Å². The third-order valence-electron chi connectivity index (χ3n) is 3.73. The molecule has 3 heteroatoms. The van der Waals surface area contributed by atoms with Crippen LogP contribution in [0.1, 0.15) is 50.7 Å². The van der Waals surface area contributed by atoms with Crippen molar-refractivity contribution < 1.29 is 5.11 Å². The molecule has 3 atom stereocenters. The van der Waals surface area contributed by atoms with E-state index in [9.17, 15) is 5.11 Å². The van der Waals surface area contributed by atoms with Crippen LogP contribution >= 0.6 is 11.6 Å². The molecule has 0 radical (unpaired) electrons. The lowest BCUT2D eigenvalue weighted by Crippen LogP contribution is -2.45. The highest BCUT2D eigenvalue weighted by molar-refractivity contribution is 6.30. The van der Waals surface area contributed by atoms with Gasteiger partial charge in [0.15, 0.2) is 0 Å². The third-order valence-corrected chi connectivity index (χ3v) is 3.96. The molecule has 0 spiro atoms. The van der Waals surface area contributed by atoms with Crippen molar-refractivity contribution in [3.05, 3.63) is 34.9 Å². The maximum atomic E-state index is 10.4. The van der Waals surface area contributed by atoms with Crippen LogP contribution in [0.2, 0.25) is 5.02 Å². The zero-order valence-electron chi connectivity index (χ0n) is 10.9. The molecule has 0 aliphatic carbocycles. The minimum atomic E-state index is -0.455. The van der Waals surface area contributed by atoms with Crippen LogP contribution in [-0.2, 0) is 0 Å². The minimum Gasteiger partial charge on any atom is -0.387 e. The van der Waals surface area contributed by atoms with E-state index >= 15 is 0 Å². The molecule has 2 N–H and O–H groups in total. The average molecular weight is 268 g/mol. The fraction of sp³-hybridized carbons (Fsp3) is 0.600. The second-order valence-electron chi connectivity index (χ2n) is 5.19. The first kappa shape index (κ1) is 13.9. The molecule has 1 fully saturated rings. The van der Waals surface area contributed by atoms with Crippen LogP contribution in [0.5, 0.6) is 0 Å². The molecule has 1 heterocycles. The van der Waals surface area contributed by atoms with Gasteiger partial charge in [-0.2, -0.15) is 0 Å². The van der Waals surface area contributed by atoms with Crippen molar-refractivity contribution in [1.29, 1.82) is 0 Å². The molecule has 1 aromatic rings. The summed E-state index contributed by atoms with van der Waals surface area (Å²) in [4.78, 5) is 0. The molecule has 1 aliphatic heterocycles. The summed E-state index contributed by atoms with van der Waals surface area (Å²) in [5.74, 6) is 0. The van der Waals surface area contributed by atoms with Crippen molar-refractivity contribution in [1.82, 2.24) is 5.32 Å². The van der Waals surface area contributed by atoms with Crippen LogP contribution in [0.15, 0.2) is 24.3 Å². The Hall–Kier alpha value is -0.570. The van der Waals surface area contributed by atoms with Gasteiger partial charge >= 0.3 is 0 Å². The Labute approximate surface area is 114 Å². The van der Waals surface area contributed by atoms with Gasteiger partial charge in [-0.1, -0.05) is 43.5 Å². The summed E-state index contributed by atoms with van der Waals surface area (Å²) in [6.45, 7) is 2.21. The van der Waals surface area contributed by atoms with Crippen molar-refractivity contribution in [2.45, 2.75) is 57.2 Å². The highest BCUT2D eigenvalue weighted by Gasteiger charge is 2.26. The van der Waals surface area contributed by atoms with Crippen molar-refractivity contribution >= 4 is 11.6 Å². The number of benzene rings is 1. The zero-order valence-corrected chi connectivity index (χ0v) is 11.7. The van der Waals surface area contributed by atoms with E-state index in [-0.39, 0.29) is 6.04 Å². The molecular formula is C15H22ClNO. The van der Waals surface area contributed by atoms with E-state index in [2.05, 4.69) is 12.2 Å². The molecule has 1 aromatic carbocycles. The van der Waals surface area contributed by atoms with Crippen LogP contribution in [0, 0.1) is 0 Å². The third kappa shape index (κ3) is 3.47. The molecule has 0 aromatic heterocycles. The molecule has 18 heavy (non-hydrogen) atoms. The summed E-state index contributed by atoms with van der Waals surface area (Å²) < 4.78 is 0. The number of rotatable bonds is 4. The first-order chi connectivity index (χ1) is 8.70. The highest BCUT2D eigenvalue weighted by Crippen LogP contribution is 2.27. The van der Waals surface area contributed by atoms with Gasteiger partial charge in [0.1, 0.15) is 0 Å². The number of piperidine rings is 1. The van der Waals surface area contributed by atoms with Crippen LogP contribution in [0.3, 0.4) is 0 Å². The number of halogens is 1. The number of nitrogens with one attached hydrogen (secondary N) is 1. The van der Waals surface area contributed by atoms with E-state index in [0.717, 1.165) is 12.0 Å². The molecule has 1 aliphatic rings. The van der Waals surface area contributed by atoms with Crippen LogP contribution in [0.25, 0.3) is 0 Å². The lowest BCUT2D eigenvalue weighted by molar-refractivity contribution is 0.0998. The first-order valence-electron chi connectivity index (χ1n) is 6.90. The topological polar surface area (TPSA) is 32.3 Å². The second kappa shape index (κ2) is 6.55. The van der Waals surface area contributed by atoms with Gasteiger partial charge in [-0.05, 0) is 37.0 Å². The Bertz CT molecular complexity index is 381. The van der Waals surface area contributed by atoms with E-state index < -0.39 is 6.10 Å². The van der Waals surface area contributed by atoms with E-state index in [1.165, 1.54) is 25.7 Å². The SMILES string of the molecule is CCCC1CCCC(C(O)c2cccc(Cl)c2)N1. The van der Waals surface area contributed by atoms with Crippen molar-refractivity contribution in [2.24, 2.45) is 0 Å². The standard InChI is InChI=1S/C15H22ClNO/c1-2-5-13-8-4-9-14(17-13)15(18)11-6-3-7-12(16)10-11/h3,6-7,10,13-15,17-18H,2,4-5,8-9H2,1H3. The maximum absolute atomic E-state index is 10.4. The molecule has 0 bridgehead atoms. The average Bonchev–Trinajstić information content (AvgIpc) is 2.39. The lowest BCUT2D eigenvalue weighted by atomic mass is 9.90. The van der Waals surface area contributed by atoms with Crippen LogP contribution in [-0.4, -0.2) is 17.2 Å². The molecular weight excluding hydrogens is 246 g/mol. The van der Waals surface area contributed by atoms with Gasteiger partial charge < -0.3 is 10.4 Å². The number of hydrogen-bond donors (Lipinski definition) is 2. The fourth-order valence-electron chi connectivity index (χ4n) is 2.80. The minimum absolute atomic E-state index is 0.161. The largest absolute Gasteiger partial charge is 0.387 e. The van der Waals surface area contributed by atoms with E-state index in [1.807, 2.05) is 24.3 Å². The number of aliphatic hydroxyl groups excluding tert-OH is 1. The van der Waals surface area contributed by atoms with Gasteiger partial charge in [-0.25, -0.2) is 0 Å². The fourth-order valence-corrected chi connectivity index (χ4v) is 3.00. The van der Waals surface area contributed by atoms with Crippen molar-refractivity contribution in [3.63, 3.8) is 0 Å². The molecule has 2 nitrogen and oxygen atoms in total. The van der Waals surface area contributed by atoms with Gasteiger partial charge in [0.05, 0.1) is 6.10 Å². The smallest absolute Gasteiger partial charge is 0.0943 e. The molecule has 3 unspecified atom stereocenters. The Morgan fingerprint density at radius 2 is 2.28 bits per heavy atom. The van der Waals surface area contributed by atoms with E-state index in [1.54, 1.807) is 0 Å². The first-order valence-corrected chi connectivity index (χ1v) is 7.28. The van der Waals surface area contributed by atoms with Gasteiger partial charge in [0.2, 0.25) is 0 Å². The van der Waals surface area contributed by atoms with Gasteiger partial charge in [-0.15, -0.1) is 0 Å². The Kier molecular flexibility index (Phi) is 5.04. The molecule has 100 valence electrons. The lowest BCUT2D eigenvalue weighted by Gasteiger charge is -2.34. The van der Waals surface area contributed by atoms with E-state index in [4.69, 9.17) is 11.6 Å². The summed E-state index contributed by atoms with van der Waals surface area (Å²) >= 11 is 5.97. The normalized spacial score (nSPS) is 25.9. The van der Waals surface area contributed by atoms with Crippen LogP contribution in [0.4, 0.5) is 0 Å². The summed E-state index contributed by atoms with van der Waals surface area (Å²) in [5.41, 5.74) is 0.914. The van der Waals surface area contributed by atoms with Gasteiger partial charge in [0.25, 0.3) is 0 Å². The predicted molar refractivity (Wildman–Crippen MR) is 75.9 cm³/mol. The Morgan fingerprint density at radius 1 is 1.44 bits per heavy atom. The summed E-state index contributed by atoms with van der Waals surface area (Å²) in [6.07, 6.45) is 5.39. The maximum Gasteiger partial charge on any atom is 0.0943 e. The number of hydrogen-bond acceptors (Lipinski definition) is 2. The van der Waals surface area contributed by atoms with Gasteiger partial charge in [-0.3, -0.25) is 0 Å². The van der Waals surface area contributed by atoms with Crippen molar-refractivity contribution in [3.8, 4) is 0 Å². The second-order valence-corrected chi connectivity index (χ2v) is 5.63. The Balaban J connectivity index is 2.02. The summed E-state index contributed by atoms with van der Waals surface area (Å²) in [7, 11) is 0. The van der Waals surface area contributed by atoms with Crippen molar-refractivity contribution in [2.75, 3.05) is 0 Å². The summed E-state index contributed by atoms with van der Waals surface area (Å²) in [5, 5.41) is 14.7. The number of aliphatic hydroxyl groups is 1. The molecule has 2 rings (SSSR count). The molecule has 0 amide bonds. The monoisotopic (exact) mass is 267 g/mol. The highest BCUT2D eigenvalue weighted by atomic mass is 35.5. The van der Waals surface area contributed by atoms with E-state index in [0.29, 0.717) is 11.1 Å². The summed E-state index contributed by atoms with van der Waals surface area (Å²) in [6, 6.07) is 8.26. The quantitative estimate of drug-likeness (QED) is 0.872. The predicted octanol–water partition coefficient (Wildman–Crippen LogP) is 3.68.